The molecule has 1 aromatic heterocycles. The zero-order valence-corrected chi connectivity index (χ0v) is 15.2. The van der Waals surface area contributed by atoms with Crippen LogP contribution in [-0.4, -0.2) is 43.8 Å². The Morgan fingerprint density at radius 1 is 1.19 bits per heavy atom. The standard InChI is InChI=1S/C17H17ClN2O5S/c18-12-5-3-11(4-6-12)15(21)16(19-13-7-9-26(23,24)10-13)20-17(22)14-2-1-8-25-14/h1-6,8,13,16,19H,7,9-10H2,(H,20,22)/t13-,16-/m1/s1. The van der Waals surface area contributed by atoms with Crippen LogP contribution in [0.1, 0.15) is 27.3 Å². The van der Waals surface area contributed by atoms with Gasteiger partial charge in [0.1, 0.15) is 6.17 Å². The third kappa shape index (κ3) is 4.51. The average molecular weight is 397 g/mol. The molecule has 0 unspecified atom stereocenters. The summed E-state index contributed by atoms with van der Waals surface area (Å²) in [5.41, 5.74) is 0.340. The summed E-state index contributed by atoms with van der Waals surface area (Å²) >= 11 is 5.84. The Bertz CT molecular complexity index is 894. The zero-order chi connectivity index (χ0) is 18.7. The predicted molar refractivity (Wildman–Crippen MR) is 95.9 cm³/mol. The van der Waals surface area contributed by atoms with E-state index < -0.39 is 33.7 Å². The van der Waals surface area contributed by atoms with Gasteiger partial charge in [0.25, 0.3) is 5.91 Å². The number of nitrogens with one attached hydrogen (secondary N) is 2. The lowest BCUT2D eigenvalue weighted by atomic mass is 10.1. The number of Topliss-reactive ketones (excluding diaryl/α,β-unsaturated/α-hetero) is 1. The van der Waals surface area contributed by atoms with E-state index in [0.717, 1.165) is 0 Å². The number of carbonyl (C=O) groups is 2. The van der Waals surface area contributed by atoms with Gasteiger partial charge in [0, 0.05) is 16.6 Å². The van der Waals surface area contributed by atoms with E-state index in [4.69, 9.17) is 16.0 Å². The highest BCUT2D eigenvalue weighted by molar-refractivity contribution is 7.91. The van der Waals surface area contributed by atoms with Crippen LogP contribution in [0.5, 0.6) is 0 Å². The molecule has 2 atom stereocenters. The summed E-state index contributed by atoms with van der Waals surface area (Å²) in [6.07, 6.45) is 0.637. The molecule has 0 radical (unpaired) electrons. The number of benzene rings is 1. The number of hydrogen-bond acceptors (Lipinski definition) is 6. The minimum absolute atomic E-state index is 0.0542. The van der Waals surface area contributed by atoms with Crippen molar-refractivity contribution >= 4 is 33.1 Å². The van der Waals surface area contributed by atoms with E-state index in [2.05, 4.69) is 10.6 Å². The Kier molecular flexibility index (Phi) is 5.45. The molecular formula is C17H17ClN2O5S. The van der Waals surface area contributed by atoms with Crippen LogP contribution in [-0.2, 0) is 9.84 Å². The molecule has 0 bridgehead atoms. The van der Waals surface area contributed by atoms with Gasteiger partial charge in [-0.15, -0.1) is 0 Å². The fourth-order valence-electron chi connectivity index (χ4n) is 2.74. The molecule has 9 heteroatoms. The molecule has 2 N–H and O–H groups in total. The SMILES string of the molecule is O=C(N[C@@H](N[C@@H]1CCS(=O)(=O)C1)C(=O)c1ccc(Cl)cc1)c1ccco1. The molecule has 1 aliphatic rings. The van der Waals surface area contributed by atoms with Gasteiger partial charge in [-0.05, 0) is 42.8 Å². The minimum atomic E-state index is -3.13. The van der Waals surface area contributed by atoms with Crippen molar-refractivity contribution in [3.63, 3.8) is 0 Å². The lowest BCUT2D eigenvalue weighted by molar-refractivity contribution is 0.0816. The third-order valence-electron chi connectivity index (χ3n) is 4.05. The lowest BCUT2D eigenvalue weighted by Gasteiger charge is -2.22. The molecule has 1 aliphatic heterocycles. The van der Waals surface area contributed by atoms with Gasteiger partial charge < -0.3 is 9.73 Å². The molecule has 1 saturated heterocycles. The first kappa shape index (κ1) is 18.6. The van der Waals surface area contributed by atoms with Crippen LogP contribution in [0.25, 0.3) is 0 Å². The second-order valence-corrected chi connectivity index (χ2v) is 8.69. The molecule has 1 fully saturated rings. The van der Waals surface area contributed by atoms with Crippen molar-refractivity contribution in [2.24, 2.45) is 0 Å². The fourth-order valence-corrected chi connectivity index (χ4v) is 4.55. The molecule has 2 aromatic rings. The number of sulfone groups is 1. The highest BCUT2D eigenvalue weighted by Crippen LogP contribution is 2.15. The van der Waals surface area contributed by atoms with E-state index in [9.17, 15) is 18.0 Å². The molecule has 1 amide bonds. The van der Waals surface area contributed by atoms with E-state index in [1.165, 1.54) is 12.3 Å². The third-order valence-corrected chi connectivity index (χ3v) is 6.07. The molecule has 3 rings (SSSR count). The molecular weight excluding hydrogens is 380 g/mol. The van der Waals surface area contributed by atoms with Crippen LogP contribution in [0.4, 0.5) is 0 Å². The van der Waals surface area contributed by atoms with Crippen molar-refractivity contribution in [1.82, 2.24) is 10.6 Å². The van der Waals surface area contributed by atoms with Crippen molar-refractivity contribution in [3.05, 3.63) is 59.0 Å². The van der Waals surface area contributed by atoms with Gasteiger partial charge in [0.05, 0.1) is 17.8 Å². The fraction of sp³-hybridized carbons (Fsp3) is 0.294. The molecule has 1 aromatic carbocycles. The van der Waals surface area contributed by atoms with E-state index in [1.807, 2.05) is 0 Å². The maximum atomic E-state index is 12.8. The second kappa shape index (κ2) is 7.61. The predicted octanol–water partition coefficient (Wildman–Crippen LogP) is 1.65. The van der Waals surface area contributed by atoms with Gasteiger partial charge in [0.2, 0.25) is 0 Å². The summed E-state index contributed by atoms with van der Waals surface area (Å²) < 4.78 is 28.4. The molecule has 138 valence electrons. The summed E-state index contributed by atoms with van der Waals surface area (Å²) in [4.78, 5) is 25.1. The summed E-state index contributed by atoms with van der Waals surface area (Å²) in [5, 5.41) is 5.99. The monoisotopic (exact) mass is 396 g/mol. The first-order chi connectivity index (χ1) is 12.3. The highest BCUT2D eigenvalue weighted by Gasteiger charge is 2.32. The summed E-state index contributed by atoms with van der Waals surface area (Å²) in [5.74, 6) is -0.937. The molecule has 26 heavy (non-hydrogen) atoms. The number of rotatable bonds is 6. The van der Waals surface area contributed by atoms with Gasteiger partial charge in [-0.1, -0.05) is 11.6 Å². The highest BCUT2D eigenvalue weighted by atomic mass is 35.5. The summed E-state index contributed by atoms with van der Waals surface area (Å²) in [6.45, 7) is 0. The van der Waals surface area contributed by atoms with Crippen LogP contribution in [0, 0.1) is 0 Å². The number of furan rings is 1. The Balaban J connectivity index is 1.79. The minimum Gasteiger partial charge on any atom is -0.459 e. The van der Waals surface area contributed by atoms with Crippen molar-refractivity contribution in [3.8, 4) is 0 Å². The first-order valence-corrected chi connectivity index (χ1v) is 10.1. The molecule has 0 aliphatic carbocycles. The number of halogens is 1. The largest absolute Gasteiger partial charge is 0.459 e. The van der Waals surface area contributed by atoms with Gasteiger partial charge >= 0.3 is 0 Å². The van der Waals surface area contributed by atoms with Crippen molar-refractivity contribution < 1.29 is 22.4 Å². The van der Waals surface area contributed by atoms with Gasteiger partial charge in [-0.25, -0.2) is 8.42 Å². The van der Waals surface area contributed by atoms with Crippen LogP contribution >= 0.6 is 11.6 Å². The maximum Gasteiger partial charge on any atom is 0.288 e. The Morgan fingerprint density at radius 2 is 1.92 bits per heavy atom. The first-order valence-electron chi connectivity index (χ1n) is 7.95. The molecule has 2 heterocycles. The topological polar surface area (TPSA) is 105 Å². The van der Waals surface area contributed by atoms with Crippen LogP contribution in [0.15, 0.2) is 47.1 Å². The van der Waals surface area contributed by atoms with Crippen LogP contribution in [0.2, 0.25) is 5.02 Å². The van der Waals surface area contributed by atoms with E-state index >= 15 is 0 Å². The zero-order valence-electron chi connectivity index (χ0n) is 13.6. The van der Waals surface area contributed by atoms with E-state index in [0.29, 0.717) is 17.0 Å². The maximum absolute atomic E-state index is 12.8. The number of ketones is 1. The average Bonchev–Trinajstić information content (AvgIpc) is 3.24. The van der Waals surface area contributed by atoms with E-state index in [-0.39, 0.29) is 17.3 Å². The second-order valence-electron chi connectivity index (χ2n) is 6.02. The van der Waals surface area contributed by atoms with Gasteiger partial charge in [-0.3, -0.25) is 14.9 Å². The number of hydrogen-bond donors (Lipinski definition) is 2. The lowest BCUT2D eigenvalue weighted by Crippen LogP contribution is -2.54. The summed E-state index contributed by atoms with van der Waals surface area (Å²) in [6, 6.07) is 8.84. The van der Waals surface area contributed by atoms with Crippen LogP contribution in [0.3, 0.4) is 0 Å². The smallest absolute Gasteiger partial charge is 0.288 e. The molecule has 0 saturated carbocycles. The number of carbonyl (C=O) groups excluding carboxylic acids is 2. The van der Waals surface area contributed by atoms with Crippen LogP contribution < -0.4 is 10.6 Å². The normalized spacial score (nSPS) is 19.8. The van der Waals surface area contributed by atoms with Crippen molar-refractivity contribution in [2.75, 3.05) is 11.5 Å². The van der Waals surface area contributed by atoms with Crippen molar-refractivity contribution in [1.29, 1.82) is 0 Å². The van der Waals surface area contributed by atoms with Gasteiger partial charge in [-0.2, -0.15) is 0 Å². The molecule has 0 spiro atoms. The Morgan fingerprint density at radius 3 is 2.50 bits per heavy atom. The van der Waals surface area contributed by atoms with Crippen molar-refractivity contribution in [2.45, 2.75) is 18.6 Å². The quantitative estimate of drug-likeness (QED) is 0.568. The summed E-state index contributed by atoms with van der Waals surface area (Å²) in [7, 11) is -3.13. The van der Waals surface area contributed by atoms with E-state index in [1.54, 1.807) is 30.3 Å². The Hall–Kier alpha value is -2.16. The molecule has 7 nitrogen and oxygen atoms in total. The van der Waals surface area contributed by atoms with Gasteiger partial charge in [0.15, 0.2) is 21.4 Å². The Labute approximate surface area is 155 Å². The number of amides is 1.